The van der Waals surface area contributed by atoms with Crippen molar-refractivity contribution in [1.29, 1.82) is 0 Å². The van der Waals surface area contributed by atoms with Gasteiger partial charge in [-0.1, -0.05) is 18.2 Å². The number of aliphatic imine (C=N–C) groups is 1. The summed E-state index contributed by atoms with van der Waals surface area (Å²) in [5.74, 6) is 1.88. The number of benzene rings is 1. The molecule has 0 bridgehead atoms. The Morgan fingerprint density at radius 3 is 2.97 bits per heavy atom. The molecule has 9 heteroatoms. The number of rotatable bonds is 6. The molecule has 3 heterocycles. The van der Waals surface area contributed by atoms with Gasteiger partial charge < -0.3 is 25.6 Å². The summed E-state index contributed by atoms with van der Waals surface area (Å²) in [6, 6.07) is 12.1. The standard InChI is InChI=1S/C24H32N6O2.HI/c1-3-25-24(28-15-19-13-23(31)29-21-7-5-4-6-20(19)21)27-14-18-8-9-26-22(12-18)30-10-11-32-17(2)16-30;/h4-9,12,17,19H,3,10-11,13-16H2,1-2H3,(H,29,31)(H2,25,27,28);1H. The summed E-state index contributed by atoms with van der Waals surface area (Å²) in [7, 11) is 0. The van der Waals surface area contributed by atoms with E-state index in [2.05, 4.69) is 44.9 Å². The van der Waals surface area contributed by atoms with E-state index in [0.717, 1.165) is 54.8 Å². The number of carbonyl (C=O) groups excluding carboxylic acids is 1. The van der Waals surface area contributed by atoms with Gasteiger partial charge in [-0.15, -0.1) is 24.0 Å². The van der Waals surface area contributed by atoms with Crippen LogP contribution < -0.4 is 20.9 Å². The average molecular weight is 564 g/mol. The molecule has 2 aromatic rings. The van der Waals surface area contributed by atoms with Gasteiger partial charge in [0.2, 0.25) is 5.91 Å². The SMILES string of the molecule is CCNC(=NCc1ccnc(N2CCOC(C)C2)c1)NCC1CC(=O)Nc2ccccc21.I. The highest BCUT2D eigenvalue weighted by Gasteiger charge is 2.24. The number of anilines is 2. The second-order valence-electron chi connectivity index (χ2n) is 8.26. The number of guanidine groups is 1. The number of nitrogens with one attached hydrogen (secondary N) is 3. The zero-order chi connectivity index (χ0) is 22.3. The van der Waals surface area contributed by atoms with E-state index >= 15 is 0 Å². The van der Waals surface area contributed by atoms with Gasteiger partial charge >= 0.3 is 0 Å². The van der Waals surface area contributed by atoms with Crippen molar-refractivity contribution in [2.24, 2.45) is 4.99 Å². The molecule has 33 heavy (non-hydrogen) atoms. The fourth-order valence-corrected chi connectivity index (χ4v) is 4.17. The Morgan fingerprint density at radius 1 is 1.30 bits per heavy atom. The van der Waals surface area contributed by atoms with Crippen molar-refractivity contribution in [3.8, 4) is 0 Å². The Bertz CT molecular complexity index is 969. The number of morpholine rings is 1. The smallest absolute Gasteiger partial charge is 0.225 e. The van der Waals surface area contributed by atoms with Crippen LogP contribution in [0.25, 0.3) is 0 Å². The third-order valence-electron chi connectivity index (χ3n) is 5.76. The molecule has 178 valence electrons. The molecule has 4 rings (SSSR count). The molecule has 2 atom stereocenters. The van der Waals surface area contributed by atoms with Crippen LogP contribution in [0.4, 0.5) is 11.5 Å². The maximum absolute atomic E-state index is 12.1. The van der Waals surface area contributed by atoms with E-state index < -0.39 is 0 Å². The van der Waals surface area contributed by atoms with Crippen molar-refractivity contribution >= 4 is 47.3 Å². The second-order valence-corrected chi connectivity index (χ2v) is 8.26. The minimum Gasteiger partial charge on any atom is -0.375 e. The molecule has 2 aliphatic heterocycles. The molecule has 8 nitrogen and oxygen atoms in total. The highest BCUT2D eigenvalue weighted by molar-refractivity contribution is 14.0. The molecule has 1 fully saturated rings. The minimum atomic E-state index is 0. The number of halogens is 1. The number of aromatic nitrogens is 1. The van der Waals surface area contributed by atoms with Gasteiger partial charge in [0.05, 0.1) is 19.3 Å². The number of fused-ring (bicyclic) bond motifs is 1. The number of hydrogen-bond donors (Lipinski definition) is 3. The lowest BCUT2D eigenvalue weighted by Crippen LogP contribution is -2.41. The maximum Gasteiger partial charge on any atom is 0.225 e. The van der Waals surface area contributed by atoms with Crippen LogP contribution in [0.2, 0.25) is 0 Å². The summed E-state index contributed by atoms with van der Waals surface area (Å²) in [4.78, 5) is 23.7. The van der Waals surface area contributed by atoms with E-state index in [9.17, 15) is 4.79 Å². The summed E-state index contributed by atoms with van der Waals surface area (Å²) in [5, 5.41) is 9.68. The predicted octanol–water partition coefficient (Wildman–Crippen LogP) is 3.11. The predicted molar refractivity (Wildman–Crippen MR) is 143 cm³/mol. The normalized spacial score (nSPS) is 20.4. The first-order valence-electron chi connectivity index (χ1n) is 11.3. The lowest BCUT2D eigenvalue weighted by Gasteiger charge is -2.32. The fourth-order valence-electron chi connectivity index (χ4n) is 4.17. The quantitative estimate of drug-likeness (QED) is 0.284. The first-order chi connectivity index (χ1) is 15.6. The van der Waals surface area contributed by atoms with Crippen LogP contribution in [0, 0.1) is 0 Å². The van der Waals surface area contributed by atoms with Crippen LogP contribution >= 0.6 is 24.0 Å². The highest BCUT2D eigenvalue weighted by Crippen LogP contribution is 2.31. The second kappa shape index (κ2) is 12.2. The third kappa shape index (κ3) is 6.80. The van der Waals surface area contributed by atoms with Crippen molar-refractivity contribution in [3.63, 3.8) is 0 Å². The summed E-state index contributed by atoms with van der Waals surface area (Å²) in [5.41, 5.74) is 3.17. The van der Waals surface area contributed by atoms with Gasteiger partial charge in [0.25, 0.3) is 0 Å². The molecule has 1 aromatic heterocycles. The van der Waals surface area contributed by atoms with Gasteiger partial charge in [0, 0.05) is 50.4 Å². The third-order valence-corrected chi connectivity index (χ3v) is 5.76. The monoisotopic (exact) mass is 564 g/mol. The van der Waals surface area contributed by atoms with Crippen molar-refractivity contribution in [3.05, 3.63) is 53.7 Å². The Morgan fingerprint density at radius 2 is 2.15 bits per heavy atom. The number of pyridine rings is 1. The number of carbonyl (C=O) groups is 1. The van der Waals surface area contributed by atoms with Crippen molar-refractivity contribution < 1.29 is 9.53 Å². The van der Waals surface area contributed by atoms with Crippen molar-refractivity contribution in [2.45, 2.75) is 38.8 Å². The summed E-state index contributed by atoms with van der Waals surface area (Å²) < 4.78 is 5.64. The van der Waals surface area contributed by atoms with Gasteiger partial charge in [-0.3, -0.25) is 4.79 Å². The molecule has 2 aliphatic rings. The van der Waals surface area contributed by atoms with E-state index in [1.807, 2.05) is 37.4 Å². The van der Waals surface area contributed by atoms with Crippen molar-refractivity contribution in [1.82, 2.24) is 15.6 Å². The summed E-state index contributed by atoms with van der Waals surface area (Å²) >= 11 is 0. The molecule has 1 amide bonds. The molecule has 0 aliphatic carbocycles. The van der Waals surface area contributed by atoms with E-state index in [-0.39, 0.29) is 41.9 Å². The zero-order valence-electron chi connectivity index (χ0n) is 19.2. The van der Waals surface area contributed by atoms with E-state index in [0.29, 0.717) is 19.5 Å². The van der Waals surface area contributed by atoms with E-state index in [4.69, 9.17) is 9.73 Å². The number of para-hydroxylation sites is 1. The minimum absolute atomic E-state index is 0. The largest absolute Gasteiger partial charge is 0.375 e. The van der Waals surface area contributed by atoms with Gasteiger partial charge in [0.1, 0.15) is 5.82 Å². The molecular formula is C24H33IN6O2. The van der Waals surface area contributed by atoms with Crippen LogP contribution in [0.1, 0.15) is 37.3 Å². The average Bonchev–Trinajstić information content (AvgIpc) is 2.81. The van der Waals surface area contributed by atoms with Crippen molar-refractivity contribution in [2.75, 3.05) is 43.0 Å². The number of amides is 1. The van der Waals surface area contributed by atoms with Crippen LogP contribution in [0.5, 0.6) is 0 Å². The van der Waals surface area contributed by atoms with Gasteiger partial charge in [-0.25, -0.2) is 9.98 Å². The van der Waals surface area contributed by atoms with E-state index in [1.165, 1.54) is 0 Å². The van der Waals surface area contributed by atoms with Gasteiger partial charge in [0.15, 0.2) is 5.96 Å². The number of hydrogen-bond acceptors (Lipinski definition) is 5. The Labute approximate surface area is 212 Å². The highest BCUT2D eigenvalue weighted by atomic mass is 127. The Hall–Kier alpha value is -2.40. The number of ether oxygens (including phenoxy) is 1. The summed E-state index contributed by atoms with van der Waals surface area (Å²) in [6.07, 6.45) is 2.52. The maximum atomic E-state index is 12.1. The van der Waals surface area contributed by atoms with E-state index in [1.54, 1.807) is 0 Å². The molecular weight excluding hydrogens is 531 g/mol. The van der Waals surface area contributed by atoms with Crippen LogP contribution in [-0.2, 0) is 16.1 Å². The van der Waals surface area contributed by atoms with Gasteiger partial charge in [-0.05, 0) is 43.2 Å². The topological polar surface area (TPSA) is 90.9 Å². The number of nitrogens with zero attached hydrogens (tertiary/aromatic N) is 3. The molecule has 3 N–H and O–H groups in total. The Kier molecular flexibility index (Phi) is 9.30. The molecule has 0 spiro atoms. The zero-order valence-corrected chi connectivity index (χ0v) is 21.5. The van der Waals surface area contributed by atoms with Crippen LogP contribution in [0.15, 0.2) is 47.6 Å². The molecule has 1 aromatic carbocycles. The first-order valence-corrected chi connectivity index (χ1v) is 11.3. The lowest BCUT2D eigenvalue weighted by atomic mass is 9.90. The Balaban J connectivity index is 0.00000306. The molecule has 2 unspecified atom stereocenters. The van der Waals surface area contributed by atoms with Crippen LogP contribution in [-0.4, -0.2) is 55.7 Å². The fraction of sp³-hybridized carbons (Fsp3) is 0.458. The first kappa shape index (κ1) is 25.2. The van der Waals surface area contributed by atoms with Gasteiger partial charge in [-0.2, -0.15) is 0 Å². The molecule has 1 saturated heterocycles. The molecule has 0 saturated carbocycles. The molecule has 0 radical (unpaired) electrons. The van der Waals surface area contributed by atoms with Crippen LogP contribution in [0.3, 0.4) is 0 Å². The summed E-state index contributed by atoms with van der Waals surface area (Å²) in [6.45, 7) is 8.51. The lowest BCUT2D eigenvalue weighted by molar-refractivity contribution is -0.116.